The Balaban J connectivity index is 4.54. The first-order valence-electron chi connectivity index (χ1n) is 25.0. The van der Waals surface area contributed by atoms with Gasteiger partial charge in [-0.15, -0.1) is 0 Å². The molecular weight excluding hydrogens is 781 g/mol. The van der Waals surface area contributed by atoms with Crippen molar-refractivity contribution in [1.82, 2.24) is 0 Å². The minimum atomic E-state index is -0.814. The summed E-state index contributed by atoms with van der Waals surface area (Å²) in [7, 11) is 0. The van der Waals surface area contributed by atoms with Crippen molar-refractivity contribution in [2.75, 3.05) is 13.2 Å². The van der Waals surface area contributed by atoms with Gasteiger partial charge in [-0.25, -0.2) is 0 Å². The molecule has 0 bridgehead atoms. The monoisotopic (exact) mass is 871 g/mol. The van der Waals surface area contributed by atoms with Crippen LogP contribution in [0.1, 0.15) is 201 Å². The lowest BCUT2D eigenvalue weighted by molar-refractivity contribution is -0.167. The van der Waals surface area contributed by atoms with E-state index >= 15 is 0 Å². The molecule has 0 fully saturated rings. The summed E-state index contributed by atoms with van der Waals surface area (Å²) in [5, 5.41) is 0. The summed E-state index contributed by atoms with van der Waals surface area (Å²) < 4.78 is 16.7. The molecule has 0 spiro atoms. The van der Waals surface area contributed by atoms with E-state index in [-0.39, 0.29) is 31.1 Å². The number of hydrogen-bond acceptors (Lipinski definition) is 6. The van der Waals surface area contributed by atoms with Gasteiger partial charge in [0.15, 0.2) is 6.10 Å². The molecular formula is C57H90O6. The Hall–Kier alpha value is -4.19. The van der Waals surface area contributed by atoms with Crippen LogP contribution in [0.2, 0.25) is 0 Å². The minimum absolute atomic E-state index is 0.111. The van der Waals surface area contributed by atoms with Crippen LogP contribution in [0.4, 0.5) is 0 Å². The summed E-state index contributed by atoms with van der Waals surface area (Å²) in [4.78, 5) is 38.0. The molecule has 0 aromatic rings. The fourth-order valence-electron chi connectivity index (χ4n) is 6.28. The Labute approximate surface area is 386 Å². The molecule has 0 aliphatic rings. The maximum Gasteiger partial charge on any atom is 0.306 e. The van der Waals surface area contributed by atoms with Gasteiger partial charge >= 0.3 is 17.9 Å². The second kappa shape index (κ2) is 50.5. The van der Waals surface area contributed by atoms with Crippen LogP contribution in [-0.4, -0.2) is 37.2 Å². The Bertz CT molecular complexity index is 1370. The molecule has 63 heavy (non-hydrogen) atoms. The average Bonchev–Trinajstić information content (AvgIpc) is 3.28. The van der Waals surface area contributed by atoms with E-state index in [1.807, 2.05) is 0 Å². The third-order valence-corrected chi connectivity index (χ3v) is 9.94. The first-order valence-corrected chi connectivity index (χ1v) is 25.0. The number of hydrogen-bond donors (Lipinski definition) is 0. The van der Waals surface area contributed by atoms with Crippen molar-refractivity contribution in [3.63, 3.8) is 0 Å². The molecule has 0 heterocycles. The normalized spacial score (nSPS) is 13.1. The van der Waals surface area contributed by atoms with Gasteiger partial charge in [-0.1, -0.05) is 181 Å². The lowest BCUT2D eigenvalue weighted by atomic mass is 10.1. The molecule has 6 nitrogen and oxygen atoms in total. The highest BCUT2D eigenvalue weighted by Crippen LogP contribution is 2.12. The third kappa shape index (κ3) is 48.7. The lowest BCUT2D eigenvalue weighted by Crippen LogP contribution is -2.30. The second-order valence-corrected chi connectivity index (χ2v) is 15.9. The SMILES string of the molecule is CC/C=C\C/C=C\C/C=C\C/C=C\CCCCC(=O)OC[C@@H](COC(=O)CCCCCCC/C=C\C/C=C\C/C=C\CC)OC(=O)CCCCCCC/C=C\C/C=C\C/C=C\CC. The van der Waals surface area contributed by atoms with Crippen LogP contribution in [-0.2, 0) is 28.6 Å². The van der Waals surface area contributed by atoms with Gasteiger partial charge in [0, 0.05) is 19.3 Å². The van der Waals surface area contributed by atoms with Crippen molar-refractivity contribution in [2.24, 2.45) is 0 Å². The lowest BCUT2D eigenvalue weighted by Gasteiger charge is -2.18. The molecule has 0 saturated carbocycles. The minimum Gasteiger partial charge on any atom is -0.462 e. The van der Waals surface area contributed by atoms with Gasteiger partial charge in [0.1, 0.15) is 13.2 Å². The van der Waals surface area contributed by atoms with Gasteiger partial charge in [0.05, 0.1) is 0 Å². The highest BCUT2D eigenvalue weighted by Gasteiger charge is 2.19. The number of carbonyl (C=O) groups excluding carboxylic acids is 3. The van der Waals surface area contributed by atoms with E-state index in [2.05, 4.69) is 142 Å². The van der Waals surface area contributed by atoms with E-state index in [1.165, 1.54) is 0 Å². The zero-order valence-electron chi connectivity index (χ0n) is 40.3. The molecule has 0 aliphatic carbocycles. The van der Waals surface area contributed by atoms with Gasteiger partial charge in [0.2, 0.25) is 0 Å². The smallest absolute Gasteiger partial charge is 0.306 e. The highest BCUT2D eigenvalue weighted by atomic mass is 16.6. The number of allylic oxidation sites excluding steroid dienone is 20. The first-order chi connectivity index (χ1) is 31.0. The predicted octanol–water partition coefficient (Wildman–Crippen LogP) is 16.5. The summed E-state index contributed by atoms with van der Waals surface area (Å²) in [5.41, 5.74) is 0. The molecule has 354 valence electrons. The molecule has 0 radical (unpaired) electrons. The number of esters is 3. The van der Waals surface area contributed by atoms with Gasteiger partial charge in [-0.3, -0.25) is 14.4 Å². The standard InChI is InChI=1S/C57H90O6/c1-4-7-10-13-16-19-22-25-28-31-34-37-40-43-46-49-55(58)61-52-54(63-57(60)51-48-45-42-39-36-33-30-27-24-21-18-15-12-9-6-3)53-62-56(59)50-47-44-41-38-35-32-29-26-23-20-17-14-11-8-5-2/h7-12,16-21,25-30,34,37,54H,4-6,13-15,22-24,31-33,35-36,38-53H2,1-3H3/b10-7-,11-8-,12-9-,19-16-,20-17-,21-18-,28-25-,29-26-,30-27-,37-34-/t54-/m0/s1. The van der Waals surface area contributed by atoms with Crippen LogP contribution in [0.25, 0.3) is 0 Å². The number of unbranched alkanes of at least 4 members (excludes halogenated alkanes) is 12. The molecule has 0 aliphatic heterocycles. The number of rotatable bonds is 43. The fourth-order valence-corrected chi connectivity index (χ4v) is 6.28. The van der Waals surface area contributed by atoms with Crippen LogP contribution >= 0.6 is 0 Å². The van der Waals surface area contributed by atoms with E-state index in [4.69, 9.17) is 14.2 Å². The summed E-state index contributed by atoms with van der Waals surface area (Å²) in [6.45, 7) is 6.21. The predicted molar refractivity (Wildman–Crippen MR) is 269 cm³/mol. The molecule has 0 aromatic carbocycles. The summed E-state index contributed by atoms with van der Waals surface area (Å²) >= 11 is 0. The van der Waals surface area contributed by atoms with Crippen molar-refractivity contribution in [1.29, 1.82) is 0 Å². The van der Waals surface area contributed by atoms with Crippen molar-refractivity contribution in [2.45, 2.75) is 207 Å². The fraction of sp³-hybridized carbons (Fsp3) is 0.596. The van der Waals surface area contributed by atoms with Crippen molar-refractivity contribution < 1.29 is 28.6 Å². The Morgan fingerprint density at radius 3 is 0.921 bits per heavy atom. The Morgan fingerprint density at radius 1 is 0.317 bits per heavy atom. The van der Waals surface area contributed by atoms with Crippen LogP contribution in [0.5, 0.6) is 0 Å². The molecule has 0 saturated heterocycles. The number of ether oxygens (including phenoxy) is 3. The van der Waals surface area contributed by atoms with Crippen molar-refractivity contribution >= 4 is 17.9 Å². The molecule has 0 unspecified atom stereocenters. The first kappa shape index (κ1) is 58.8. The maximum atomic E-state index is 12.8. The second-order valence-electron chi connectivity index (χ2n) is 15.9. The summed E-state index contributed by atoms with van der Waals surface area (Å²) in [6.07, 6.45) is 68.9. The maximum absolute atomic E-state index is 12.8. The molecule has 6 heteroatoms. The average molecular weight is 871 g/mol. The van der Waals surface area contributed by atoms with E-state index in [0.717, 1.165) is 154 Å². The van der Waals surface area contributed by atoms with E-state index in [9.17, 15) is 14.4 Å². The molecule has 1 atom stereocenters. The zero-order valence-corrected chi connectivity index (χ0v) is 40.3. The van der Waals surface area contributed by atoms with Crippen LogP contribution in [0.3, 0.4) is 0 Å². The van der Waals surface area contributed by atoms with Crippen LogP contribution < -0.4 is 0 Å². The number of carbonyl (C=O) groups is 3. The van der Waals surface area contributed by atoms with E-state index in [0.29, 0.717) is 25.7 Å². The third-order valence-electron chi connectivity index (χ3n) is 9.94. The Kier molecular flexibility index (Phi) is 47.1. The Morgan fingerprint density at radius 2 is 0.571 bits per heavy atom. The highest BCUT2D eigenvalue weighted by molar-refractivity contribution is 5.71. The van der Waals surface area contributed by atoms with Crippen molar-refractivity contribution in [3.8, 4) is 0 Å². The molecule has 0 amide bonds. The van der Waals surface area contributed by atoms with E-state index < -0.39 is 6.10 Å². The van der Waals surface area contributed by atoms with E-state index in [1.54, 1.807) is 0 Å². The quantitative estimate of drug-likeness (QED) is 0.0263. The largest absolute Gasteiger partial charge is 0.462 e. The van der Waals surface area contributed by atoms with Gasteiger partial charge in [0.25, 0.3) is 0 Å². The molecule has 0 aromatic heterocycles. The topological polar surface area (TPSA) is 78.9 Å². The van der Waals surface area contributed by atoms with Gasteiger partial charge in [-0.05, 0) is 122 Å². The van der Waals surface area contributed by atoms with Gasteiger partial charge in [-0.2, -0.15) is 0 Å². The van der Waals surface area contributed by atoms with Gasteiger partial charge < -0.3 is 14.2 Å². The molecule has 0 rings (SSSR count). The summed E-state index contributed by atoms with van der Waals surface area (Å²) in [5.74, 6) is -0.996. The zero-order chi connectivity index (χ0) is 45.8. The molecule has 0 N–H and O–H groups in total. The van der Waals surface area contributed by atoms with Crippen LogP contribution in [0.15, 0.2) is 122 Å². The summed E-state index contributed by atoms with van der Waals surface area (Å²) in [6, 6.07) is 0. The van der Waals surface area contributed by atoms with Crippen LogP contribution in [0, 0.1) is 0 Å². The van der Waals surface area contributed by atoms with Crippen molar-refractivity contribution in [3.05, 3.63) is 122 Å².